The number of hydrogen-bond donors (Lipinski definition) is 1. The average Bonchev–Trinajstić information content (AvgIpc) is 2.92. The molecule has 0 saturated carbocycles. The van der Waals surface area contributed by atoms with Gasteiger partial charge >= 0.3 is 0 Å². The van der Waals surface area contributed by atoms with Crippen LogP contribution in [0.4, 0.5) is 10.8 Å². The van der Waals surface area contributed by atoms with Crippen LogP contribution in [0.2, 0.25) is 0 Å². The highest BCUT2D eigenvalue weighted by atomic mass is 32.1. The van der Waals surface area contributed by atoms with Crippen molar-refractivity contribution in [1.29, 1.82) is 0 Å². The van der Waals surface area contributed by atoms with E-state index in [4.69, 9.17) is 9.72 Å². The number of para-hydroxylation sites is 2. The highest BCUT2D eigenvalue weighted by molar-refractivity contribution is 7.13. The van der Waals surface area contributed by atoms with E-state index >= 15 is 0 Å². The summed E-state index contributed by atoms with van der Waals surface area (Å²) in [7, 11) is 3.70. The van der Waals surface area contributed by atoms with Gasteiger partial charge in [-0.25, -0.2) is 4.98 Å². The van der Waals surface area contributed by atoms with E-state index in [0.29, 0.717) is 0 Å². The van der Waals surface area contributed by atoms with Gasteiger partial charge in [0.1, 0.15) is 5.75 Å². The molecule has 1 aromatic carbocycles. The van der Waals surface area contributed by atoms with Gasteiger partial charge < -0.3 is 15.0 Å². The molecule has 0 atom stereocenters. The van der Waals surface area contributed by atoms with E-state index < -0.39 is 0 Å². The molecule has 0 spiro atoms. The lowest BCUT2D eigenvalue weighted by Gasteiger charge is -2.20. The molecule has 1 aromatic heterocycles. The van der Waals surface area contributed by atoms with Crippen LogP contribution >= 0.6 is 11.3 Å². The van der Waals surface area contributed by atoms with Gasteiger partial charge in [-0.05, 0) is 32.9 Å². The van der Waals surface area contributed by atoms with Crippen molar-refractivity contribution in [3.05, 3.63) is 35.3 Å². The average molecular weight is 305 g/mol. The number of aromatic nitrogens is 1. The lowest BCUT2D eigenvalue weighted by atomic mass is 10.1. The molecule has 0 aliphatic rings. The molecule has 0 bridgehead atoms. The Morgan fingerprint density at radius 2 is 2.00 bits per heavy atom. The first-order valence-corrected chi connectivity index (χ1v) is 7.85. The molecule has 0 saturated heterocycles. The molecule has 4 nitrogen and oxygen atoms in total. The molecule has 0 aliphatic heterocycles. The third-order valence-corrected chi connectivity index (χ3v) is 4.04. The van der Waals surface area contributed by atoms with Crippen molar-refractivity contribution in [1.82, 2.24) is 10.3 Å². The van der Waals surface area contributed by atoms with E-state index in [-0.39, 0.29) is 5.54 Å². The number of ether oxygens (including phenoxy) is 1. The first-order valence-electron chi connectivity index (χ1n) is 6.97. The van der Waals surface area contributed by atoms with E-state index in [0.717, 1.165) is 28.8 Å². The van der Waals surface area contributed by atoms with Crippen molar-refractivity contribution < 1.29 is 4.74 Å². The van der Waals surface area contributed by atoms with Gasteiger partial charge in [0.2, 0.25) is 0 Å². The van der Waals surface area contributed by atoms with Crippen molar-refractivity contribution in [3.8, 4) is 5.75 Å². The normalized spacial score (nSPS) is 11.5. The Balaban J connectivity index is 2.13. The fraction of sp³-hybridized carbons (Fsp3) is 0.438. The second-order valence-corrected chi connectivity index (χ2v) is 6.79. The zero-order valence-electron chi connectivity index (χ0n) is 13.3. The van der Waals surface area contributed by atoms with Crippen molar-refractivity contribution in [2.45, 2.75) is 32.9 Å². The van der Waals surface area contributed by atoms with E-state index in [1.807, 2.05) is 31.3 Å². The van der Waals surface area contributed by atoms with Crippen molar-refractivity contribution >= 4 is 22.2 Å². The summed E-state index contributed by atoms with van der Waals surface area (Å²) in [5, 5.41) is 6.51. The molecule has 0 aliphatic carbocycles. The summed E-state index contributed by atoms with van der Waals surface area (Å²) < 4.78 is 5.41. The maximum Gasteiger partial charge on any atom is 0.189 e. The molecule has 1 heterocycles. The maximum absolute atomic E-state index is 5.41. The summed E-state index contributed by atoms with van der Waals surface area (Å²) in [6, 6.07) is 7.97. The minimum Gasteiger partial charge on any atom is -0.495 e. The molecule has 0 unspecified atom stereocenters. The summed E-state index contributed by atoms with van der Waals surface area (Å²) in [6.45, 7) is 7.24. The van der Waals surface area contributed by atoms with Crippen molar-refractivity contribution in [2.75, 3.05) is 19.1 Å². The Kier molecular flexibility index (Phi) is 4.85. The standard InChI is InChI=1S/C16H23N3OS/c1-16(2,3)17-10-12-11-21-15(18-12)19(4)13-8-6-7-9-14(13)20-5/h6-9,11,17H,10H2,1-5H3. The molecule has 2 rings (SSSR count). The lowest BCUT2D eigenvalue weighted by molar-refractivity contribution is 0.415. The smallest absolute Gasteiger partial charge is 0.189 e. The van der Waals surface area contributed by atoms with Gasteiger partial charge in [-0.15, -0.1) is 11.3 Å². The zero-order valence-corrected chi connectivity index (χ0v) is 14.1. The molecule has 21 heavy (non-hydrogen) atoms. The number of anilines is 2. The number of nitrogens with zero attached hydrogens (tertiary/aromatic N) is 2. The van der Waals surface area contributed by atoms with Crippen LogP contribution < -0.4 is 15.0 Å². The van der Waals surface area contributed by atoms with E-state index in [2.05, 4.69) is 36.4 Å². The molecule has 1 N–H and O–H groups in total. The molecule has 0 radical (unpaired) electrons. The third kappa shape index (κ3) is 4.19. The SMILES string of the molecule is COc1ccccc1N(C)c1nc(CNC(C)(C)C)cs1. The first kappa shape index (κ1) is 15.8. The second kappa shape index (κ2) is 6.45. The van der Waals surface area contributed by atoms with Crippen LogP contribution in [0.5, 0.6) is 5.75 Å². The minimum absolute atomic E-state index is 0.0956. The fourth-order valence-corrected chi connectivity index (χ4v) is 2.70. The van der Waals surface area contributed by atoms with Crippen LogP contribution in [0.25, 0.3) is 0 Å². The van der Waals surface area contributed by atoms with Gasteiger partial charge in [-0.1, -0.05) is 12.1 Å². The number of nitrogens with one attached hydrogen (secondary N) is 1. The van der Waals surface area contributed by atoms with Crippen LogP contribution in [0.1, 0.15) is 26.5 Å². The van der Waals surface area contributed by atoms with Crippen LogP contribution in [0.15, 0.2) is 29.6 Å². The van der Waals surface area contributed by atoms with Crippen molar-refractivity contribution in [3.63, 3.8) is 0 Å². The maximum atomic E-state index is 5.41. The van der Waals surface area contributed by atoms with Crippen LogP contribution in [0, 0.1) is 0 Å². The Bertz CT molecular complexity index is 589. The number of methoxy groups -OCH3 is 1. The summed E-state index contributed by atoms with van der Waals surface area (Å²) in [4.78, 5) is 6.75. The molecule has 5 heteroatoms. The Morgan fingerprint density at radius 3 is 2.67 bits per heavy atom. The third-order valence-electron chi connectivity index (χ3n) is 3.07. The lowest BCUT2D eigenvalue weighted by Crippen LogP contribution is -2.35. The Morgan fingerprint density at radius 1 is 1.29 bits per heavy atom. The van der Waals surface area contributed by atoms with E-state index in [9.17, 15) is 0 Å². The zero-order chi connectivity index (χ0) is 15.5. The number of rotatable bonds is 5. The largest absolute Gasteiger partial charge is 0.495 e. The molecule has 2 aromatic rings. The monoisotopic (exact) mass is 305 g/mol. The number of thiazole rings is 1. The Hall–Kier alpha value is -1.59. The van der Waals surface area contributed by atoms with E-state index in [1.54, 1.807) is 18.4 Å². The quantitative estimate of drug-likeness (QED) is 0.911. The summed E-state index contributed by atoms with van der Waals surface area (Å²) >= 11 is 1.64. The van der Waals surface area contributed by atoms with Gasteiger partial charge in [0.05, 0.1) is 18.5 Å². The molecular formula is C16H23N3OS. The second-order valence-electron chi connectivity index (χ2n) is 5.96. The van der Waals surface area contributed by atoms with Crippen LogP contribution in [0.3, 0.4) is 0 Å². The number of hydrogen-bond acceptors (Lipinski definition) is 5. The highest BCUT2D eigenvalue weighted by Gasteiger charge is 2.14. The minimum atomic E-state index is 0.0956. The molecule has 0 amide bonds. The predicted octanol–water partition coefficient (Wildman–Crippen LogP) is 3.81. The summed E-state index contributed by atoms with van der Waals surface area (Å²) in [6.07, 6.45) is 0. The summed E-state index contributed by atoms with van der Waals surface area (Å²) in [5.74, 6) is 0.851. The molecule has 114 valence electrons. The highest BCUT2D eigenvalue weighted by Crippen LogP contribution is 2.33. The van der Waals surface area contributed by atoms with Gasteiger partial charge in [-0.3, -0.25) is 0 Å². The van der Waals surface area contributed by atoms with Gasteiger partial charge in [0.25, 0.3) is 0 Å². The predicted molar refractivity (Wildman–Crippen MR) is 89.8 cm³/mol. The van der Waals surface area contributed by atoms with Crippen LogP contribution in [-0.2, 0) is 6.54 Å². The fourth-order valence-electron chi connectivity index (χ4n) is 1.90. The molecule has 0 fully saturated rings. The van der Waals surface area contributed by atoms with Gasteiger partial charge in [-0.2, -0.15) is 0 Å². The van der Waals surface area contributed by atoms with Crippen LogP contribution in [-0.4, -0.2) is 24.7 Å². The van der Waals surface area contributed by atoms with E-state index in [1.165, 1.54) is 0 Å². The topological polar surface area (TPSA) is 37.4 Å². The number of benzene rings is 1. The summed E-state index contributed by atoms with van der Waals surface area (Å²) in [5.41, 5.74) is 2.18. The molecular weight excluding hydrogens is 282 g/mol. The van der Waals surface area contributed by atoms with Gasteiger partial charge in [0, 0.05) is 24.5 Å². The first-order chi connectivity index (χ1) is 9.90. The van der Waals surface area contributed by atoms with Crippen molar-refractivity contribution in [2.24, 2.45) is 0 Å². The van der Waals surface area contributed by atoms with Gasteiger partial charge in [0.15, 0.2) is 5.13 Å². The Labute approximate surface area is 130 Å².